The predicted molar refractivity (Wildman–Crippen MR) is 136 cm³/mol. The lowest BCUT2D eigenvalue weighted by Crippen LogP contribution is -2.28. The smallest absolute Gasteiger partial charge is 0.249 e. The summed E-state index contributed by atoms with van der Waals surface area (Å²) in [5.74, 6) is 0.497. The summed E-state index contributed by atoms with van der Waals surface area (Å²) in [5, 5.41) is 0. The van der Waals surface area contributed by atoms with Gasteiger partial charge in [-0.2, -0.15) is 4.98 Å². The highest BCUT2D eigenvalue weighted by molar-refractivity contribution is 6.10. The van der Waals surface area contributed by atoms with Crippen molar-refractivity contribution >= 4 is 22.6 Å². The number of carbonyl (C=O) groups is 2. The first kappa shape index (κ1) is 23.4. The molecule has 4 aromatic rings. The number of fused-ring (bicyclic) bond motifs is 2. The Kier molecular flexibility index (Phi) is 5.99. The fourth-order valence-corrected chi connectivity index (χ4v) is 5.09. The summed E-state index contributed by atoms with van der Waals surface area (Å²) in [6.07, 6.45) is 7.24. The van der Waals surface area contributed by atoms with E-state index in [0.717, 1.165) is 41.6 Å². The number of carbonyl (C=O) groups excluding carboxylic acids is 2. The van der Waals surface area contributed by atoms with E-state index in [1.807, 2.05) is 12.1 Å². The number of hydrogen-bond donors (Lipinski definition) is 0. The van der Waals surface area contributed by atoms with E-state index in [1.165, 1.54) is 30.4 Å². The summed E-state index contributed by atoms with van der Waals surface area (Å²) in [7, 11) is 0. The van der Waals surface area contributed by atoms with E-state index in [2.05, 4.69) is 16.0 Å². The first-order chi connectivity index (χ1) is 18.0. The van der Waals surface area contributed by atoms with Gasteiger partial charge in [-0.05, 0) is 85.5 Å². The van der Waals surface area contributed by atoms with Crippen LogP contribution in [0.5, 0.6) is 11.6 Å². The van der Waals surface area contributed by atoms with E-state index in [-0.39, 0.29) is 30.2 Å². The van der Waals surface area contributed by atoms with Gasteiger partial charge in [0.05, 0.1) is 10.9 Å². The van der Waals surface area contributed by atoms with E-state index in [4.69, 9.17) is 9.72 Å². The van der Waals surface area contributed by atoms with Crippen molar-refractivity contribution in [3.05, 3.63) is 89.1 Å². The molecule has 0 bridgehead atoms. The van der Waals surface area contributed by atoms with Crippen molar-refractivity contribution in [3.8, 4) is 11.6 Å². The number of nitrogens with zero attached hydrogens (tertiary/aromatic N) is 3. The Balaban J connectivity index is 1.14. The van der Waals surface area contributed by atoms with Gasteiger partial charge in [-0.25, -0.2) is 14.4 Å². The predicted octanol–water partition coefficient (Wildman–Crippen LogP) is 5.54. The first-order valence-electron chi connectivity index (χ1n) is 12.7. The number of pyridine rings is 1. The maximum absolute atomic E-state index is 13.2. The number of ether oxygens (including phenoxy) is 1. The monoisotopic (exact) mass is 495 g/mol. The molecule has 2 aromatic heterocycles. The largest absolute Gasteiger partial charge is 0.437 e. The molecular weight excluding hydrogens is 469 g/mol. The fraction of sp³-hybridized carbons (Fsp3) is 0.300. The zero-order valence-corrected chi connectivity index (χ0v) is 20.4. The van der Waals surface area contributed by atoms with Crippen molar-refractivity contribution in [2.45, 2.75) is 51.4 Å². The topological polar surface area (TPSA) is 82.0 Å². The molecule has 1 fully saturated rings. The maximum Gasteiger partial charge on any atom is 0.249 e. The van der Waals surface area contributed by atoms with Crippen molar-refractivity contribution in [2.24, 2.45) is 5.41 Å². The maximum atomic E-state index is 13.2. The average molecular weight is 496 g/mol. The minimum absolute atomic E-state index is 0.0657. The first-order valence-corrected chi connectivity index (χ1v) is 12.7. The number of halogens is 1. The van der Waals surface area contributed by atoms with Crippen LogP contribution in [0.1, 0.15) is 48.1 Å². The van der Waals surface area contributed by atoms with E-state index in [9.17, 15) is 14.0 Å². The van der Waals surface area contributed by atoms with Gasteiger partial charge in [-0.15, -0.1) is 0 Å². The number of aromatic nitrogens is 3. The Hall–Kier alpha value is -4.00. The number of hydrogen-bond acceptors (Lipinski definition) is 6. The molecule has 6 rings (SSSR count). The molecule has 0 atom stereocenters. The zero-order chi connectivity index (χ0) is 25.4. The Morgan fingerprint density at radius 2 is 1.51 bits per heavy atom. The second kappa shape index (κ2) is 9.47. The molecule has 186 valence electrons. The second-order valence-electron chi connectivity index (χ2n) is 10.0. The Morgan fingerprint density at radius 1 is 0.865 bits per heavy atom. The van der Waals surface area contributed by atoms with Crippen molar-refractivity contribution in [3.63, 3.8) is 0 Å². The Bertz CT molecular complexity index is 1500. The molecule has 6 nitrogen and oxygen atoms in total. The van der Waals surface area contributed by atoms with E-state index >= 15 is 0 Å². The van der Waals surface area contributed by atoms with E-state index in [0.29, 0.717) is 30.0 Å². The Morgan fingerprint density at radius 3 is 2.19 bits per heavy atom. The summed E-state index contributed by atoms with van der Waals surface area (Å²) in [5.41, 5.74) is 4.40. The third-order valence-corrected chi connectivity index (χ3v) is 7.45. The SMILES string of the molecule is O=C(Cc1ccc(F)cc1)C1(C(=O)Cc2ccc(Oc3ncnc4cc5c(nc34)CCCC5)cc2)CC1. The van der Waals surface area contributed by atoms with Crippen LogP contribution >= 0.6 is 0 Å². The molecule has 1 saturated carbocycles. The minimum atomic E-state index is -0.908. The third-order valence-electron chi connectivity index (χ3n) is 7.45. The summed E-state index contributed by atoms with van der Waals surface area (Å²) in [6.45, 7) is 0. The highest BCUT2D eigenvalue weighted by Crippen LogP contribution is 2.48. The molecule has 2 heterocycles. The highest BCUT2D eigenvalue weighted by Gasteiger charge is 2.54. The average Bonchev–Trinajstić information content (AvgIpc) is 3.73. The molecule has 0 spiro atoms. The van der Waals surface area contributed by atoms with Crippen LogP contribution in [-0.2, 0) is 35.3 Å². The van der Waals surface area contributed by atoms with Crippen molar-refractivity contribution in [2.75, 3.05) is 0 Å². The number of benzene rings is 2. The van der Waals surface area contributed by atoms with Crippen LogP contribution in [0.4, 0.5) is 4.39 Å². The summed E-state index contributed by atoms with van der Waals surface area (Å²) >= 11 is 0. The van der Waals surface area contributed by atoms with E-state index < -0.39 is 5.41 Å². The summed E-state index contributed by atoms with van der Waals surface area (Å²) in [6, 6.07) is 15.2. The lowest BCUT2D eigenvalue weighted by Gasteiger charge is -2.16. The van der Waals surface area contributed by atoms with Crippen molar-refractivity contribution in [1.29, 1.82) is 0 Å². The molecule has 0 aliphatic heterocycles. The standard InChI is InChI=1S/C30H26FN3O3/c31-22-9-5-19(6-10-22)15-26(35)30(13-14-30)27(36)16-20-7-11-23(12-8-20)37-29-28-25(32-18-33-29)17-21-3-1-2-4-24(21)34-28/h5-12,17-18H,1-4,13-16H2. The molecule has 0 saturated heterocycles. The number of aryl methyl sites for hydroxylation is 2. The molecule has 2 aromatic carbocycles. The van der Waals surface area contributed by atoms with Gasteiger partial charge in [0.1, 0.15) is 17.9 Å². The third kappa shape index (κ3) is 4.73. The van der Waals surface area contributed by atoms with Crippen LogP contribution < -0.4 is 4.74 Å². The second-order valence-corrected chi connectivity index (χ2v) is 10.0. The summed E-state index contributed by atoms with van der Waals surface area (Å²) in [4.78, 5) is 39.5. The van der Waals surface area contributed by atoms with Gasteiger partial charge in [-0.3, -0.25) is 9.59 Å². The van der Waals surface area contributed by atoms with E-state index in [1.54, 1.807) is 24.3 Å². The van der Waals surface area contributed by atoms with Crippen molar-refractivity contribution < 1.29 is 18.7 Å². The summed E-state index contributed by atoms with van der Waals surface area (Å²) < 4.78 is 19.2. The van der Waals surface area contributed by atoms with Gasteiger partial charge < -0.3 is 4.74 Å². The van der Waals surface area contributed by atoms with Crippen LogP contribution in [0.2, 0.25) is 0 Å². The molecule has 7 heteroatoms. The zero-order valence-electron chi connectivity index (χ0n) is 20.4. The molecule has 37 heavy (non-hydrogen) atoms. The molecule has 2 aliphatic carbocycles. The molecule has 2 aliphatic rings. The quantitative estimate of drug-likeness (QED) is 0.299. The van der Waals surface area contributed by atoms with Crippen LogP contribution in [0, 0.1) is 11.2 Å². The van der Waals surface area contributed by atoms with Gasteiger partial charge in [0.25, 0.3) is 0 Å². The highest BCUT2D eigenvalue weighted by atomic mass is 19.1. The van der Waals surface area contributed by atoms with Crippen LogP contribution in [0.15, 0.2) is 60.9 Å². The van der Waals surface area contributed by atoms with Gasteiger partial charge in [0.2, 0.25) is 5.88 Å². The van der Waals surface area contributed by atoms with Crippen LogP contribution in [0.25, 0.3) is 11.0 Å². The van der Waals surface area contributed by atoms with Crippen LogP contribution in [-0.4, -0.2) is 26.5 Å². The molecular formula is C30H26FN3O3. The number of rotatable bonds is 8. The molecule has 0 N–H and O–H groups in total. The molecule has 0 unspecified atom stereocenters. The van der Waals surface area contributed by atoms with Crippen LogP contribution in [0.3, 0.4) is 0 Å². The Labute approximate surface area is 213 Å². The van der Waals surface area contributed by atoms with Gasteiger partial charge in [0, 0.05) is 18.5 Å². The number of ketones is 2. The number of Topliss-reactive ketones (excluding diaryl/α,β-unsaturated/α-hetero) is 2. The van der Waals surface area contributed by atoms with Crippen molar-refractivity contribution in [1.82, 2.24) is 15.0 Å². The molecule has 0 radical (unpaired) electrons. The van der Waals surface area contributed by atoms with Gasteiger partial charge in [-0.1, -0.05) is 24.3 Å². The lowest BCUT2D eigenvalue weighted by atomic mass is 9.88. The molecule has 0 amide bonds. The minimum Gasteiger partial charge on any atom is -0.437 e. The normalized spacial score (nSPS) is 15.7. The fourth-order valence-electron chi connectivity index (χ4n) is 5.09. The van der Waals surface area contributed by atoms with Gasteiger partial charge in [0.15, 0.2) is 17.1 Å². The lowest BCUT2D eigenvalue weighted by molar-refractivity contribution is -0.133. The van der Waals surface area contributed by atoms with Gasteiger partial charge >= 0.3 is 0 Å².